The molecule has 0 spiro atoms. The maximum absolute atomic E-state index is 12.5. The molecular formula is C21H32N2O5. The summed E-state index contributed by atoms with van der Waals surface area (Å²) in [6, 6.07) is 9.45. The van der Waals surface area contributed by atoms with Crippen LogP contribution < -0.4 is 5.32 Å². The van der Waals surface area contributed by atoms with Crippen LogP contribution in [0.5, 0.6) is 0 Å². The minimum atomic E-state index is -0.613. The van der Waals surface area contributed by atoms with Crippen molar-refractivity contribution >= 4 is 12.2 Å². The number of carbonyl (C=O) groups is 2. The van der Waals surface area contributed by atoms with Gasteiger partial charge >= 0.3 is 12.2 Å². The Kier molecular flexibility index (Phi) is 8.11. The van der Waals surface area contributed by atoms with E-state index in [0.717, 1.165) is 25.0 Å². The highest BCUT2D eigenvalue weighted by Gasteiger charge is 2.29. The third-order valence-corrected chi connectivity index (χ3v) is 4.46. The van der Waals surface area contributed by atoms with E-state index >= 15 is 0 Å². The number of hydrogen-bond donors (Lipinski definition) is 1. The van der Waals surface area contributed by atoms with Gasteiger partial charge in [0.1, 0.15) is 18.4 Å². The van der Waals surface area contributed by atoms with Crippen molar-refractivity contribution in [3.63, 3.8) is 0 Å². The lowest BCUT2D eigenvalue weighted by molar-refractivity contribution is 0.00643. The molecule has 0 aliphatic carbocycles. The van der Waals surface area contributed by atoms with Gasteiger partial charge in [-0.05, 0) is 51.5 Å². The highest BCUT2D eigenvalue weighted by molar-refractivity contribution is 5.71. The Hall–Kier alpha value is -2.28. The molecule has 1 heterocycles. The van der Waals surface area contributed by atoms with E-state index in [0.29, 0.717) is 13.0 Å². The Morgan fingerprint density at radius 2 is 2.00 bits per heavy atom. The zero-order chi connectivity index (χ0) is 20.6. The summed E-state index contributed by atoms with van der Waals surface area (Å²) in [5.74, 6) is 0.262. The van der Waals surface area contributed by atoms with Gasteiger partial charge in [0.2, 0.25) is 0 Å². The van der Waals surface area contributed by atoms with Crippen molar-refractivity contribution in [2.24, 2.45) is 5.92 Å². The van der Waals surface area contributed by atoms with E-state index in [1.807, 2.05) is 51.1 Å². The molecule has 0 saturated carbocycles. The topological polar surface area (TPSA) is 77.1 Å². The minimum absolute atomic E-state index is 0.169. The molecule has 2 atom stereocenters. The molecule has 1 aliphatic rings. The van der Waals surface area contributed by atoms with E-state index in [9.17, 15) is 9.59 Å². The Balaban J connectivity index is 1.97. The normalized spacial score (nSPS) is 18.1. The molecule has 1 aliphatic heterocycles. The number of rotatable bonds is 6. The number of alkyl carbamates (subject to hydrolysis) is 1. The molecule has 1 fully saturated rings. The van der Waals surface area contributed by atoms with Crippen molar-refractivity contribution < 1.29 is 23.8 Å². The van der Waals surface area contributed by atoms with E-state index in [4.69, 9.17) is 14.2 Å². The summed E-state index contributed by atoms with van der Waals surface area (Å²) < 4.78 is 16.3. The third-order valence-electron chi connectivity index (χ3n) is 4.46. The zero-order valence-electron chi connectivity index (χ0n) is 17.3. The lowest BCUT2D eigenvalue weighted by atomic mass is 9.96. The molecule has 7 nitrogen and oxygen atoms in total. The highest BCUT2D eigenvalue weighted by atomic mass is 16.6. The van der Waals surface area contributed by atoms with Crippen molar-refractivity contribution in [2.45, 2.75) is 58.4 Å². The lowest BCUT2D eigenvalue weighted by Crippen LogP contribution is -2.51. The molecule has 7 heteroatoms. The van der Waals surface area contributed by atoms with Crippen molar-refractivity contribution in [3.05, 3.63) is 35.9 Å². The van der Waals surface area contributed by atoms with Crippen LogP contribution in [0.1, 0.15) is 45.6 Å². The van der Waals surface area contributed by atoms with Crippen LogP contribution in [0.4, 0.5) is 9.59 Å². The van der Waals surface area contributed by atoms with Crippen molar-refractivity contribution in [1.29, 1.82) is 0 Å². The van der Waals surface area contributed by atoms with Crippen LogP contribution in [-0.2, 0) is 20.8 Å². The lowest BCUT2D eigenvalue weighted by Gasteiger charge is -2.34. The number of amides is 2. The summed E-state index contributed by atoms with van der Waals surface area (Å²) in [5.41, 5.74) is 0.285. The number of carbonyl (C=O) groups excluding carboxylic acids is 2. The van der Waals surface area contributed by atoms with Crippen LogP contribution in [0.3, 0.4) is 0 Å². The van der Waals surface area contributed by atoms with Crippen molar-refractivity contribution in [1.82, 2.24) is 10.2 Å². The van der Waals surface area contributed by atoms with Gasteiger partial charge in [0.25, 0.3) is 0 Å². The second kappa shape index (κ2) is 10.3. The minimum Gasteiger partial charge on any atom is -0.445 e. The number of nitrogens with zero attached hydrogens (tertiary/aromatic N) is 1. The van der Waals surface area contributed by atoms with E-state index in [1.54, 1.807) is 7.05 Å². The van der Waals surface area contributed by atoms with Crippen molar-refractivity contribution in [3.8, 4) is 0 Å². The molecule has 2 rings (SSSR count). The molecule has 1 aromatic rings. The average molecular weight is 392 g/mol. The maximum atomic E-state index is 12.5. The third kappa shape index (κ3) is 7.76. The Morgan fingerprint density at radius 3 is 2.61 bits per heavy atom. The van der Waals surface area contributed by atoms with Gasteiger partial charge in [-0.15, -0.1) is 0 Å². The summed E-state index contributed by atoms with van der Waals surface area (Å²) in [4.78, 5) is 26.2. The van der Waals surface area contributed by atoms with Gasteiger partial charge in [0.15, 0.2) is 0 Å². The molecule has 0 radical (unpaired) electrons. The van der Waals surface area contributed by atoms with Gasteiger partial charge in [0.05, 0.1) is 0 Å². The molecule has 0 aromatic heterocycles. The maximum Gasteiger partial charge on any atom is 0.411 e. The summed E-state index contributed by atoms with van der Waals surface area (Å²) in [6.45, 7) is 6.98. The summed E-state index contributed by atoms with van der Waals surface area (Å²) in [5, 5.41) is 2.81. The standard InChI is InChI=1S/C21H32N2O5/c1-21(2,3)28-20(25)23(4)18(13-17-11-8-12-26-14-17)22-19(24)27-15-16-9-6-5-7-10-16/h5-7,9-10,17-18H,8,11-15H2,1-4H3,(H,22,24)/t17-,18+/m0/s1. The van der Waals surface area contributed by atoms with Gasteiger partial charge < -0.3 is 19.5 Å². The first-order chi connectivity index (χ1) is 13.2. The zero-order valence-corrected chi connectivity index (χ0v) is 17.3. The van der Waals surface area contributed by atoms with Crippen molar-refractivity contribution in [2.75, 3.05) is 20.3 Å². The van der Waals surface area contributed by atoms with Gasteiger partial charge in [-0.2, -0.15) is 0 Å². The smallest absolute Gasteiger partial charge is 0.411 e. The second-order valence-electron chi connectivity index (χ2n) is 8.13. The van der Waals surface area contributed by atoms with E-state index < -0.39 is 24.0 Å². The highest BCUT2D eigenvalue weighted by Crippen LogP contribution is 2.21. The van der Waals surface area contributed by atoms with Gasteiger partial charge in [-0.25, -0.2) is 9.59 Å². The van der Waals surface area contributed by atoms with Crippen LogP contribution >= 0.6 is 0 Å². The molecule has 1 aromatic carbocycles. The fraction of sp³-hybridized carbons (Fsp3) is 0.619. The van der Waals surface area contributed by atoms with Crippen LogP contribution in [0, 0.1) is 5.92 Å². The molecule has 0 bridgehead atoms. The largest absolute Gasteiger partial charge is 0.445 e. The first-order valence-corrected chi connectivity index (χ1v) is 9.75. The molecule has 2 amide bonds. The number of ether oxygens (including phenoxy) is 3. The summed E-state index contributed by atoms with van der Waals surface area (Å²) >= 11 is 0. The van der Waals surface area contributed by atoms with E-state index in [2.05, 4.69) is 5.32 Å². The van der Waals surface area contributed by atoms with Gasteiger partial charge in [-0.1, -0.05) is 30.3 Å². The second-order valence-corrected chi connectivity index (χ2v) is 8.13. The van der Waals surface area contributed by atoms with E-state index in [1.165, 1.54) is 4.90 Å². The van der Waals surface area contributed by atoms with Crippen LogP contribution in [-0.4, -0.2) is 49.1 Å². The predicted molar refractivity (Wildman–Crippen MR) is 106 cm³/mol. The molecule has 1 saturated heterocycles. The Morgan fingerprint density at radius 1 is 1.29 bits per heavy atom. The van der Waals surface area contributed by atoms with Crippen LogP contribution in [0.2, 0.25) is 0 Å². The molecule has 1 N–H and O–H groups in total. The van der Waals surface area contributed by atoms with E-state index in [-0.39, 0.29) is 12.5 Å². The van der Waals surface area contributed by atoms with Gasteiger partial charge in [-0.3, -0.25) is 4.90 Å². The monoisotopic (exact) mass is 392 g/mol. The first kappa shape index (κ1) is 22.0. The number of nitrogens with one attached hydrogen (secondary N) is 1. The summed E-state index contributed by atoms with van der Waals surface area (Å²) in [6.07, 6.45) is 0.963. The predicted octanol–water partition coefficient (Wildman–Crippen LogP) is 3.92. The fourth-order valence-corrected chi connectivity index (χ4v) is 2.98. The fourth-order valence-electron chi connectivity index (χ4n) is 2.98. The SMILES string of the molecule is CN(C(=O)OC(C)(C)C)[C@H](C[C@@H]1CCCOC1)NC(=O)OCc1ccccc1. The Labute approximate surface area is 167 Å². The molecule has 156 valence electrons. The molecule has 28 heavy (non-hydrogen) atoms. The number of hydrogen-bond acceptors (Lipinski definition) is 5. The average Bonchev–Trinajstić information content (AvgIpc) is 2.65. The quantitative estimate of drug-likeness (QED) is 0.743. The molecular weight excluding hydrogens is 360 g/mol. The summed E-state index contributed by atoms with van der Waals surface area (Å²) in [7, 11) is 1.62. The first-order valence-electron chi connectivity index (χ1n) is 9.75. The van der Waals surface area contributed by atoms with Gasteiger partial charge in [0, 0.05) is 20.3 Å². The molecule has 0 unspecified atom stereocenters. The van der Waals surface area contributed by atoms with Crippen LogP contribution in [0.25, 0.3) is 0 Å². The Bertz CT molecular complexity index is 623. The van der Waals surface area contributed by atoms with Crippen LogP contribution in [0.15, 0.2) is 30.3 Å². The number of benzene rings is 1.